The van der Waals surface area contributed by atoms with E-state index >= 15 is 0 Å². The van der Waals surface area contributed by atoms with Gasteiger partial charge in [0.05, 0.1) is 6.61 Å². The minimum atomic E-state index is -0.118. The molecular formula is C17H21NO3S2. The lowest BCUT2D eigenvalue weighted by atomic mass is 10.3. The van der Waals surface area contributed by atoms with Gasteiger partial charge in [0.2, 0.25) is 0 Å². The van der Waals surface area contributed by atoms with Crippen LogP contribution in [0.3, 0.4) is 0 Å². The third kappa shape index (κ3) is 6.54. The molecule has 0 bridgehead atoms. The van der Waals surface area contributed by atoms with Crippen LogP contribution in [0.25, 0.3) is 0 Å². The molecule has 6 heteroatoms. The van der Waals surface area contributed by atoms with Gasteiger partial charge in [-0.2, -0.15) is 11.8 Å². The van der Waals surface area contributed by atoms with Gasteiger partial charge in [0, 0.05) is 22.9 Å². The lowest BCUT2D eigenvalue weighted by Gasteiger charge is -2.11. The van der Waals surface area contributed by atoms with E-state index in [9.17, 15) is 4.79 Å². The van der Waals surface area contributed by atoms with Crippen LogP contribution < -0.4 is 14.8 Å². The number of thioether (sulfide) groups is 1. The largest absolute Gasteiger partial charge is 0.490 e. The fourth-order valence-electron chi connectivity index (χ4n) is 1.87. The van der Waals surface area contributed by atoms with Crippen molar-refractivity contribution in [2.75, 3.05) is 25.5 Å². The van der Waals surface area contributed by atoms with Gasteiger partial charge in [-0.25, -0.2) is 0 Å². The summed E-state index contributed by atoms with van der Waals surface area (Å²) in [5, 5.41) is 4.94. The van der Waals surface area contributed by atoms with Gasteiger partial charge in [0.1, 0.15) is 0 Å². The molecule has 124 valence electrons. The predicted molar refractivity (Wildman–Crippen MR) is 96.6 cm³/mol. The highest BCUT2D eigenvalue weighted by molar-refractivity contribution is 7.98. The Bertz CT molecular complexity index is 587. The van der Waals surface area contributed by atoms with Gasteiger partial charge in [-0.3, -0.25) is 4.79 Å². The summed E-state index contributed by atoms with van der Waals surface area (Å²) in [6.45, 7) is 3.12. The molecule has 1 aromatic heterocycles. The first-order valence-corrected chi connectivity index (χ1v) is 9.54. The van der Waals surface area contributed by atoms with E-state index in [1.165, 1.54) is 4.88 Å². The zero-order chi connectivity index (χ0) is 16.3. The SMILES string of the molecule is CCOc1ccccc1OCC(=O)NCCSCc1cccs1. The van der Waals surface area contributed by atoms with Crippen molar-refractivity contribution in [3.8, 4) is 11.5 Å². The second-order valence-electron chi connectivity index (χ2n) is 4.65. The van der Waals surface area contributed by atoms with Crippen LogP contribution in [0, 0.1) is 0 Å². The van der Waals surface area contributed by atoms with E-state index in [1.807, 2.05) is 36.9 Å². The topological polar surface area (TPSA) is 47.6 Å². The van der Waals surface area contributed by atoms with Crippen molar-refractivity contribution in [3.05, 3.63) is 46.7 Å². The van der Waals surface area contributed by atoms with Crippen molar-refractivity contribution in [2.45, 2.75) is 12.7 Å². The van der Waals surface area contributed by atoms with Crippen LogP contribution in [-0.4, -0.2) is 31.4 Å². The Morgan fingerprint density at radius 2 is 1.96 bits per heavy atom. The van der Waals surface area contributed by atoms with Gasteiger partial charge >= 0.3 is 0 Å². The molecule has 0 spiro atoms. The molecule has 4 nitrogen and oxygen atoms in total. The minimum absolute atomic E-state index is 0.000319. The first-order chi connectivity index (χ1) is 11.3. The second kappa shape index (κ2) is 10.2. The van der Waals surface area contributed by atoms with E-state index in [4.69, 9.17) is 9.47 Å². The number of amides is 1. The maximum Gasteiger partial charge on any atom is 0.257 e. The number of nitrogens with one attached hydrogen (secondary N) is 1. The highest BCUT2D eigenvalue weighted by atomic mass is 32.2. The zero-order valence-electron chi connectivity index (χ0n) is 13.1. The molecule has 1 N–H and O–H groups in total. The molecule has 1 heterocycles. The average Bonchev–Trinajstić information content (AvgIpc) is 3.07. The van der Waals surface area contributed by atoms with Crippen molar-refractivity contribution in [1.29, 1.82) is 0 Å². The Morgan fingerprint density at radius 3 is 2.65 bits per heavy atom. The van der Waals surface area contributed by atoms with Crippen LogP contribution in [0.2, 0.25) is 0 Å². The summed E-state index contributed by atoms with van der Waals surface area (Å²) in [5.74, 6) is 3.02. The Kier molecular flexibility index (Phi) is 7.83. The number of carbonyl (C=O) groups is 1. The van der Waals surface area contributed by atoms with Crippen molar-refractivity contribution in [3.63, 3.8) is 0 Å². The lowest BCUT2D eigenvalue weighted by Crippen LogP contribution is -2.30. The molecule has 23 heavy (non-hydrogen) atoms. The number of hydrogen-bond donors (Lipinski definition) is 1. The Hall–Kier alpha value is -1.66. The summed E-state index contributed by atoms with van der Waals surface area (Å²) >= 11 is 3.57. The number of ether oxygens (including phenoxy) is 2. The fourth-order valence-corrected chi connectivity index (χ4v) is 3.57. The van der Waals surface area contributed by atoms with Gasteiger partial charge in [-0.15, -0.1) is 11.3 Å². The molecule has 1 aromatic carbocycles. The molecule has 0 atom stereocenters. The van der Waals surface area contributed by atoms with Crippen molar-refractivity contribution < 1.29 is 14.3 Å². The van der Waals surface area contributed by atoms with Crippen LogP contribution in [0.4, 0.5) is 0 Å². The number of hydrogen-bond acceptors (Lipinski definition) is 5. The number of para-hydroxylation sites is 2. The summed E-state index contributed by atoms with van der Waals surface area (Å²) in [6, 6.07) is 11.5. The molecule has 0 saturated carbocycles. The molecule has 0 unspecified atom stereocenters. The standard InChI is InChI=1S/C17H21NO3S2/c1-2-20-15-7-3-4-8-16(15)21-12-17(19)18-9-11-22-13-14-6-5-10-23-14/h3-8,10H,2,9,11-13H2,1H3,(H,18,19). The summed E-state index contributed by atoms with van der Waals surface area (Å²) in [5.41, 5.74) is 0. The number of thiophene rings is 1. The smallest absolute Gasteiger partial charge is 0.257 e. The normalized spacial score (nSPS) is 10.3. The maximum atomic E-state index is 11.8. The first kappa shape index (κ1) is 17.7. The van der Waals surface area contributed by atoms with E-state index in [0.29, 0.717) is 24.7 Å². The predicted octanol–water partition coefficient (Wildman–Crippen LogP) is 3.58. The third-order valence-electron chi connectivity index (χ3n) is 2.90. The molecule has 0 fully saturated rings. The first-order valence-electron chi connectivity index (χ1n) is 7.51. The van der Waals surface area contributed by atoms with Crippen molar-refractivity contribution in [2.24, 2.45) is 0 Å². The van der Waals surface area contributed by atoms with Crippen LogP contribution >= 0.6 is 23.1 Å². The van der Waals surface area contributed by atoms with E-state index in [1.54, 1.807) is 17.4 Å². The number of carbonyl (C=O) groups excluding carboxylic acids is 1. The quantitative estimate of drug-likeness (QED) is 0.665. The van der Waals surface area contributed by atoms with Crippen LogP contribution in [0.15, 0.2) is 41.8 Å². The fraction of sp³-hybridized carbons (Fsp3) is 0.353. The van der Waals surface area contributed by atoms with E-state index < -0.39 is 0 Å². The monoisotopic (exact) mass is 351 g/mol. The van der Waals surface area contributed by atoms with E-state index in [2.05, 4.69) is 22.8 Å². The summed E-state index contributed by atoms with van der Waals surface area (Å²) in [4.78, 5) is 13.2. The second-order valence-corrected chi connectivity index (χ2v) is 6.79. The van der Waals surface area contributed by atoms with Gasteiger partial charge in [0.15, 0.2) is 18.1 Å². The molecule has 2 rings (SSSR count). The summed E-state index contributed by atoms with van der Waals surface area (Å²) in [7, 11) is 0. The van der Waals surface area contributed by atoms with E-state index in [-0.39, 0.29) is 12.5 Å². The van der Waals surface area contributed by atoms with Gasteiger partial charge in [-0.1, -0.05) is 18.2 Å². The number of rotatable bonds is 10. The molecule has 1 amide bonds. The van der Waals surface area contributed by atoms with Gasteiger partial charge in [-0.05, 0) is 30.5 Å². The van der Waals surface area contributed by atoms with Gasteiger partial charge in [0.25, 0.3) is 5.91 Å². The summed E-state index contributed by atoms with van der Waals surface area (Å²) < 4.78 is 11.0. The molecule has 0 aliphatic heterocycles. The molecule has 0 saturated heterocycles. The highest BCUT2D eigenvalue weighted by Crippen LogP contribution is 2.26. The zero-order valence-corrected chi connectivity index (χ0v) is 14.8. The van der Waals surface area contributed by atoms with Crippen molar-refractivity contribution in [1.82, 2.24) is 5.32 Å². The van der Waals surface area contributed by atoms with Crippen LogP contribution in [0.1, 0.15) is 11.8 Å². The molecule has 0 aliphatic carbocycles. The molecule has 0 aliphatic rings. The lowest BCUT2D eigenvalue weighted by molar-refractivity contribution is -0.122. The Balaban J connectivity index is 1.61. The Labute approximate surface area is 145 Å². The maximum absolute atomic E-state index is 11.8. The summed E-state index contributed by atoms with van der Waals surface area (Å²) in [6.07, 6.45) is 0. The molecule has 0 radical (unpaired) electrons. The Morgan fingerprint density at radius 1 is 1.17 bits per heavy atom. The molecular weight excluding hydrogens is 330 g/mol. The van der Waals surface area contributed by atoms with E-state index in [0.717, 1.165) is 11.5 Å². The molecule has 2 aromatic rings. The van der Waals surface area contributed by atoms with Crippen molar-refractivity contribution >= 4 is 29.0 Å². The van der Waals surface area contributed by atoms with Crippen LogP contribution in [0.5, 0.6) is 11.5 Å². The highest BCUT2D eigenvalue weighted by Gasteiger charge is 2.06. The number of benzene rings is 1. The van der Waals surface area contributed by atoms with Gasteiger partial charge < -0.3 is 14.8 Å². The van der Waals surface area contributed by atoms with Crippen LogP contribution in [-0.2, 0) is 10.5 Å². The third-order valence-corrected chi connectivity index (χ3v) is 4.97. The average molecular weight is 351 g/mol. The minimum Gasteiger partial charge on any atom is -0.490 e.